The Kier molecular flexibility index (Phi) is 5.37. The van der Waals surface area contributed by atoms with Gasteiger partial charge in [0.2, 0.25) is 0 Å². The monoisotopic (exact) mass is 297 g/mol. The van der Waals surface area contributed by atoms with E-state index in [0.29, 0.717) is 18.7 Å². The molecule has 20 heavy (non-hydrogen) atoms. The number of aromatic nitrogens is 1. The van der Waals surface area contributed by atoms with E-state index in [1.165, 1.54) is 0 Å². The maximum Gasteiger partial charge on any atom is 0.152 e. The summed E-state index contributed by atoms with van der Waals surface area (Å²) in [5, 5.41) is 3.34. The van der Waals surface area contributed by atoms with E-state index in [2.05, 4.69) is 28.2 Å². The molecule has 0 aliphatic carbocycles. The Bertz CT molecular complexity index is 514. The van der Waals surface area contributed by atoms with Gasteiger partial charge in [-0.15, -0.1) is 0 Å². The second kappa shape index (κ2) is 7.04. The lowest BCUT2D eigenvalue weighted by atomic mass is 10.2. The van der Waals surface area contributed by atoms with E-state index >= 15 is 0 Å². The molecule has 1 saturated heterocycles. The van der Waals surface area contributed by atoms with Crippen molar-refractivity contribution in [3.8, 4) is 0 Å². The number of pyridine rings is 1. The predicted molar refractivity (Wildman–Crippen MR) is 81.7 cm³/mol. The Balaban J connectivity index is 1.95. The van der Waals surface area contributed by atoms with Gasteiger partial charge in [-0.25, -0.2) is 13.4 Å². The van der Waals surface area contributed by atoms with Crippen LogP contribution in [0.25, 0.3) is 0 Å². The second-order valence-electron chi connectivity index (χ2n) is 5.19. The van der Waals surface area contributed by atoms with Gasteiger partial charge in [-0.2, -0.15) is 0 Å². The smallest absolute Gasteiger partial charge is 0.152 e. The Morgan fingerprint density at radius 1 is 1.30 bits per heavy atom. The van der Waals surface area contributed by atoms with E-state index < -0.39 is 9.84 Å². The van der Waals surface area contributed by atoms with Crippen molar-refractivity contribution in [3.63, 3.8) is 0 Å². The van der Waals surface area contributed by atoms with Gasteiger partial charge in [0.05, 0.1) is 11.5 Å². The van der Waals surface area contributed by atoms with E-state index in [1.54, 1.807) is 0 Å². The lowest BCUT2D eigenvalue weighted by Gasteiger charge is -2.20. The summed E-state index contributed by atoms with van der Waals surface area (Å²) in [5.74, 6) is 1.40. The van der Waals surface area contributed by atoms with Crippen LogP contribution in [0.2, 0.25) is 0 Å². The second-order valence-corrected chi connectivity index (χ2v) is 7.50. The molecule has 1 aromatic rings. The first-order chi connectivity index (χ1) is 9.61. The summed E-state index contributed by atoms with van der Waals surface area (Å²) in [5.41, 5.74) is 1.16. The summed E-state index contributed by atoms with van der Waals surface area (Å²) >= 11 is 0. The van der Waals surface area contributed by atoms with Gasteiger partial charge < -0.3 is 10.2 Å². The summed E-state index contributed by atoms with van der Waals surface area (Å²) in [6.45, 7) is 5.28. The first kappa shape index (κ1) is 15.3. The quantitative estimate of drug-likeness (QED) is 0.828. The zero-order valence-corrected chi connectivity index (χ0v) is 12.8. The summed E-state index contributed by atoms with van der Waals surface area (Å²) in [4.78, 5) is 6.52. The molecule has 6 heteroatoms. The van der Waals surface area contributed by atoms with Crippen LogP contribution < -0.4 is 10.2 Å². The minimum Gasteiger partial charge on any atom is -0.356 e. The first-order valence-electron chi connectivity index (χ1n) is 7.22. The van der Waals surface area contributed by atoms with Crippen molar-refractivity contribution in [2.24, 2.45) is 0 Å². The average Bonchev–Trinajstić information content (AvgIpc) is 2.61. The van der Waals surface area contributed by atoms with Crippen LogP contribution in [0.4, 0.5) is 5.82 Å². The molecule has 2 heterocycles. The third-order valence-corrected chi connectivity index (χ3v) is 5.16. The number of anilines is 1. The lowest BCUT2D eigenvalue weighted by molar-refractivity contribution is 0.597. The molecule has 0 unspecified atom stereocenters. The number of nitrogens with zero attached hydrogens (tertiary/aromatic N) is 2. The van der Waals surface area contributed by atoms with E-state index in [-0.39, 0.29) is 5.75 Å². The highest BCUT2D eigenvalue weighted by Gasteiger charge is 2.19. The van der Waals surface area contributed by atoms with Crippen LogP contribution in [0.3, 0.4) is 0 Å². The van der Waals surface area contributed by atoms with Gasteiger partial charge in [-0.3, -0.25) is 0 Å². The zero-order valence-electron chi connectivity index (χ0n) is 12.0. The van der Waals surface area contributed by atoms with E-state index in [1.807, 2.05) is 12.3 Å². The summed E-state index contributed by atoms with van der Waals surface area (Å²) in [6, 6.07) is 4.05. The number of rotatable bonds is 5. The Labute approximate surface area is 121 Å². The third-order valence-electron chi connectivity index (χ3n) is 3.44. The van der Waals surface area contributed by atoms with Crippen molar-refractivity contribution in [3.05, 3.63) is 23.9 Å². The molecule has 0 amide bonds. The molecule has 0 spiro atoms. The molecule has 2 rings (SSSR count). The molecule has 1 N–H and O–H groups in total. The van der Waals surface area contributed by atoms with Crippen LogP contribution in [0.1, 0.15) is 25.3 Å². The number of hydrogen-bond acceptors (Lipinski definition) is 5. The van der Waals surface area contributed by atoms with E-state index in [9.17, 15) is 8.42 Å². The van der Waals surface area contributed by atoms with Crippen molar-refractivity contribution in [1.82, 2.24) is 10.3 Å². The SMILES string of the molecule is CCCNCc1ccc(N2CCCS(=O)(=O)CC2)nc1. The highest BCUT2D eigenvalue weighted by molar-refractivity contribution is 7.91. The van der Waals surface area contributed by atoms with Crippen molar-refractivity contribution in [1.29, 1.82) is 0 Å². The van der Waals surface area contributed by atoms with Crippen LogP contribution >= 0.6 is 0 Å². The maximum absolute atomic E-state index is 11.6. The molecule has 5 nitrogen and oxygen atoms in total. The zero-order chi connectivity index (χ0) is 14.4. The molecule has 112 valence electrons. The fourth-order valence-corrected chi connectivity index (χ4v) is 3.56. The minimum absolute atomic E-state index is 0.231. The van der Waals surface area contributed by atoms with Crippen molar-refractivity contribution in [2.75, 3.05) is 36.0 Å². The van der Waals surface area contributed by atoms with Crippen LogP contribution in [0.15, 0.2) is 18.3 Å². The van der Waals surface area contributed by atoms with E-state index in [0.717, 1.165) is 37.4 Å². The highest BCUT2D eigenvalue weighted by atomic mass is 32.2. The van der Waals surface area contributed by atoms with E-state index in [4.69, 9.17) is 0 Å². The van der Waals surface area contributed by atoms with Crippen molar-refractivity contribution in [2.45, 2.75) is 26.3 Å². The molecule has 0 saturated carbocycles. The molecule has 0 bridgehead atoms. The molecule has 1 aliphatic rings. The molecule has 0 aromatic carbocycles. The largest absolute Gasteiger partial charge is 0.356 e. The summed E-state index contributed by atoms with van der Waals surface area (Å²) < 4.78 is 23.2. The van der Waals surface area contributed by atoms with Gasteiger partial charge in [0.25, 0.3) is 0 Å². The maximum atomic E-state index is 11.6. The normalized spacial score (nSPS) is 18.8. The Morgan fingerprint density at radius 3 is 2.85 bits per heavy atom. The van der Waals surface area contributed by atoms with Crippen LogP contribution in [-0.4, -0.2) is 44.5 Å². The summed E-state index contributed by atoms with van der Waals surface area (Å²) in [6.07, 6.45) is 3.68. The number of nitrogens with one attached hydrogen (secondary N) is 1. The van der Waals surface area contributed by atoms with Gasteiger partial charge in [-0.05, 0) is 31.0 Å². The van der Waals surface area contributed by atoms with Crippen LogP contribution in [0.5, 0.6) is 0 Å². The van der Waals surface area contributed by atoms with Gasteiger partial charge in [0.1, 0.15) is 5.82 Å². The fourth-order valence-electron chi connectivity index (χ4n) is 2.29. The van der Waals surface area contributed by atoms with Crippen molar-refractivity contribution < 1.29 is 8.42 Å². The molecular weight excluding hydrogens is 274 g/mol. The molecule has 1 aliphatic heterocycles. The van der Waals surface area contributed by atoms with Crippen molar-refractivity contribution >= 4 is 15.7 Å². The number of hydrogen-bond donors (Lipinski definition) is 1. The topological polar surface area (TPSA) is 62.3 Å². The molecule has 0 radical (unpaired) electrons. The molecule has 1 aromatic heterocycles. The minimum atomic E-state index is -2.86. The van der Waals surface area contributed by atoms with Crippen LogP contribution in [0, 0.1) is 0 Å². The molecule has 0 atom stereocenters. The third kappa shape index (κ3) is 4.45. The predicted octanol–water partition coefficient (Wildman–Crippen LogP) is 1.21. The van der Waals surface area contributed by atoms with Gasteiger partial charge >= 0.3 is 0 Å². The van der Waals surface area contributed by atoms with Gasteiger partial charge in [-0.1, -0.05) is 13.0 Å². The first-order valence-corrected chi connectivity index (χ1v) is 9.04. The molecular formula is C14H23N3O2S. The van der Waals surface area contributed by atoms with Gasteiger partial charge in [0.15, 0.2) is 9.84 Å². The average molecular weight is 297 g/mol. The van der Waals surface area contributed by atoms with Crippen LogP contribution in [-0.2, 0) is 16.4 Å². The summed E-state index contributed by atoms with van der Waals surface area (Å²) in [7, 11) is -2.86. The Hall–Kier alpha value is -1.14. The van der Waals surface area contributed by atoms with Gasteiger partial charge in [0, 0.05) is 25.8 Å². The highest BCUT2D eigenvalue weighted by Crippen LogP contribution is 2.15. The Morgan fingerprint density at radius 2 is 2.15 bits per heavy atom. The number of sulfone groups is 1. The lowest BCUT2D eigenvalue weighted by Crippen LogP contribution is -2.27. The fraction of sp³-hybridized carbons (Fsp3) is 0.643. The standard InChI is InChI=1S/C14H23N3O2S/c1-2-6-15-11-13-4-5-14(16-12-13)17-7-3-9-20(18,19)10-8-17/h4-5,12,15H,2-3,6-11H2,1H3. The molecule has 1 fully saturated rings.